The van der Waals surface area contributed by atoms with Crippen molar-refractivity contribution >= 4 is 22.6 Å². The summed E-state index contributed by atoms with van der Waals surface area (Å²) >= 11 is 5.93. The van der Waals surface area contributed by atoms with E-state index < -0.39 is 0 Å². The topological polar surface area (TPSA) is 28.7 Å². The Morgan fingerprint density at radius 3 is 2.75 bits per heavy atom. The number of nitrogens with zero attached hydrogens (tertiary/aromatic N) is 1. The molecule has 86 valence electrons. The standard InChI is InChI=1S/C13H17ClN2/c1-13(2,3)7-6-12-15-10-5-4-9(14)8-11(10)16-12/h4-5,8H,6-7H2,1-3H3,(H,15,16). The van der Waals surface area contributed by atoms with Crippen molar-refractivity contribution in [2.24, 2.45) is 5.41 Å². The van der Waals surface area contributed by atoms with Gasteiger partial charge in [-0.15, -0.1) is 0 Å². The Morgan fingerprint density at radius 2 is 2.06 bits per heavy atom. The molecule has 1 aromatic carbocycles. The van der Waals surface area contributed by atoms with Crippen LogP contribution in [-0.4, -0.2) is 9.97 Å². The number of hydrogen-bond donors (Lipinski definition) is 1. The van der Waals surface area contributed by atoms with Crippen molar-refractivity contribution in [1.29, 1.82) is 0 Å². The highest BCUT2D eigenvalue weighted by Crippen LogP contribution is 2.22. The molecule has 2 rings (SSSR count). The van der Waals surface area contributed by atoms with Crippen LogP contribution in [0.1, 0.15) is 33.0 Å². The van der Waals surface area contributed by atoms with Crippen LogP contribution in [0.5, 0.6) is 0 Å². The number of nitrogens with one attached hydrogen (secondary N) is 1. The first-order valence-corrected chi connectivity index (χ1v) is 5.96. The maximum absolute atomic E-state index is 5.93. The van der Waals surface area contributed by atoms with Gasteiger partial charge in [0.2, 0.25) is 0 Å². The Morgan fingerprint density at radius 1 is 1.31 bits per heavy atom. The lowest BCUT2D eigenvalue weighted by atomic mass is 9.90. The van der Waals surface area contributed by atoms with Gasteiger partial charge >= 0.3 is 0 Å². The van der Waals surface area contributed by atoms with Crippen molar-refractivity contribution in [3.63, 3.8) is 0 Å². The summed E-state index contributed by atoms with van der Waals surface area (Å²) in [5, 5.41) is 0.749. The molecule has 0 spiro atoms. The molecule has 0 fully saturated rings. The first-order chi connectivity index (χ1) is 7.44. The molecule has 0 saturated carbocycles. The van der Waals surface area contributed by atoms with Crippen LogP contribution in [-0.2, 0) is 6.42 Å². The zero-order valence-corrected chi connectivity index (χ0v) is 10.7. The number of H-pyrrole nitrogens is 1. The molecule has 16 heavy (non-hydrogen) atoms. The first kappa shape index (κ1) is 11.5. The second-order valence-electron chi connectivity index (χ2n) is 5.41. The average molecular weight is 237 g/mol. The summed E-state index contributed by atoms with van der Waals surface area (Å²) in [5.74, 6) is 1.05. The van der Waals surface area contributed by atoms with E-state index in [-0.39, 0.29) is 0 Å². The van der Waals surface area contributed by atoms with E-state index in [1.165, 1.54) is 0 Å². The van der Waals surface area contributed by atoms with Gasteiger partial charge in [-0.2, -0.15) is 0 Å². The van der Waals surface area contributed by atoms with Crippen molar-refractivity contribution in [1.82, 2.24) is 9.97 Å². The molecular formula is C13H17ClN2. The third-order valence-electron chi connectivity index (χ3n) is 2.60. The number of aromatic nitrogens is 2. The van der Waals surface area contributed by atoms with Gasteiger partial charge in [-0.1, -0.05) is 32.4 Å². The smallest absolute Gasteiger partial charge is 0.107 e. The van der Waals surface area contributed by atoms with Crippen molar-refractivity contribution in [3.05, 3.63) is 29.0 Å². The van der Waals surface area contributed by atoms with Gasteiger partial charge in [0.15, 0.2) is 0 Å². The average Bonchev–Trinajstić information content (AvgIpc) is 2.55. The van der Waals surface area contributed by atoms with Gasteiger partial charge in [-0.3, -0.25) is 0 Å². The van der Waals surface area contributed by atoms with E-state index in [1.807, 2.05) is 18.2 Å². The monoisotopic (exact) mass is 236 g/mol. The second-order valence-corrected chi connectivity index (χ2v) is 5.84. The lowest BCUT2D eigenvalue weighted by Gasteiger charge is -2.16. The van der Waals surface area contributed by atoms with Crippen molar-refractivity contribution < 1.29 is 0 Å². The van der Waals surface area contributed by atoms with E-state index in [1.54, 1.807) is 0 Å². The molecule has 2 aromatic rings. The molecule has 1 heterocycles. The molecule has 0 atom stereocenters. The number of halogens is 1. The summed E-state index contributed by atoms with van der Waals surface area (Å²) in [4.78, 5) is 7.86. The third kappa shape index (κ3) is 2.76. The van der Waals surface area contributed by atoms with Crippen LogP contribution in [0.2, 0.25) is 5.02 Å². The van der Waals surface area contributed by atoms with Gasteiger partial charge in [-0.05, 0) is 30.0 Å². The number of aromatic amines is 1. The number of imidazole rings is 1. The summed E-state index contributed by atoms with van der Waals surface area (Å²) in [6, 6.07) is 5.75. The van der Waals surface area contributed by atoms with E-state index in [2.05, 4.69) is 30.7 Å². The van der Waals surface area contributed by atoms with Gasteiger partial charge in [0.1, 0.15) is 5.82 Å². The highest BCUT2D eigenvalue weighted by atomic mass is 35.5. The number of rotatable bonds is 2. The fraction of sp³-hybridized carbons (Fsp3) is 0.462. The molecule has 3 heteroatoms. The maximum atomic E-state index is 5.93. The van der Waals surface area contributed by atoms with Crippen LogP contribution in [0, 0.1) is 5.41 Å². The molecule has 1 aromatic heterocycles. The second kappa shape index (κ2) is 4.10. The Balaban J connectivity index is 2.20. The Kier molecular flexibility index (Phi) is 2.94. The molecule has 0 amide bonds. The van der Waals surface area contributed by atoms with Gasteiger partial charge in [0.05, 0.1) is 11.0 Å². The number of hydrogen-bond acceptors (Lipinski definition) is 1. The van der Waals surface area contributed by atoms with Gasteiger partial charge in [0, 0.05) is 11.4 Å². The molecule has 0 radical (unpaired) electrons. The van der Waals surface area contributed by atoms with E-state index in [4.69, 9.17) is 11.6 Å². The number of aryl methyl sites for hydroxylation is 1. The summed E-state index contributed by atoms with van der Waals surface area (Å²) in [7, 11) is 0. The minimum absolute atomic E-state index is 0.344. The van der Waals surface area contributed by atoms with Crippen molar-refractivity contribution in [2.45, 2.75) is 33.6 Å². The summed E-state index contributed by atoms with van der Waals surface area (Å²) in [6.45, 7) is 6.73. The minimum Gasteiger partial charge on any atom is -0.342 e. The predicted molar refractivity (Wildman–Crippen MR) is 68.9 cm³/mol. The van der Waals surface area contributed by atoms with Gasteiger partial charge in [0.25, 0.3) is 0 Å². The van der Waals surface area contributed by atoms with Crippen LogP contribution >= 0.6 is 11.6 Å². The molecule has 0 aliphatic rings. The van der Waals surface area contributed by atoms with Crippen molar-refractivity contribution in [2.75, 3.05) is 0 Å². The summed E-state index contributed by atoms with van der Waals surface area (Å²) in [6.07, 6.45) is 2.11. The largest absolute Gasteiger partial charge is 0.342 e. The summed E-state index contributed by atoms with van der Waals surface area (Å²) in [5.41, 5.74) is 2.36. The van der Waals surface area contributed by atoms with Crippen LogP contribution in [0.3, 0.4) is 0 Å². The fourth-order valence-corrected chi connectivity index (χ4v) is 1.82. The Labute approximate surface area is 101 Å². The summed E-state index contributed by atoms with van der Waals surface area (Å²) < 4.78 is 0. The molecule has 1 N–H and O–H groups in total. The third-order valence-corrected chi connectivity index (χ3v) is 2.84. The fourth-order valence-electron chi connectivity index (χ4n) is 1.65. The molecule has 0 aliphatic carbocycles. The molecule has 0 unspecified atom stereocenters. The van der Waals surface area contributed by atoms with Crippen LogP contribution in [0.25, 0.3) is 11.0 Å². The molecule has 2 nitrogen and oxygen atoms in total. The Hall–Kier alpha value is -1.02. The van der Waals surface area contributed by atoms with E-state index in [0.717, 1.165) is 34.7 Å². The number of fused-ring (bicyclic) bond motifs is 1. The molecular weight excluding hydrogens is 220 g/mol. The molecule has 0 saturated heterocycles. The van der Waals surface area contributed by atoms with Crippen LogP contribution in [0.15, 0.2) is 18.2 Å². The lowest BCUT2D eigenvalue weighted by molar-refractivity contribution is 0.375. The minimum atomic E-state index is 0.344. The SMILES string of the molecule is CC(C)(C)CCc1nc2ccc(Cl)cc2[nH]1. The van der Waals surface area contributed by atoms with E-state index in [0.29, 0.717) is 5.41 Å². The van der Waals surface area contributed by atoms with Gasteiger partial charge in [-0.25, -0.2) is 4.98 Å². The van der Waals surface area contributed by atoms with Gasteiger partial charge < -0.3 is 4.98 Å². The Bertz CT molecular complexity index is 494. The van der Waals surface area contributed by atoms with E-state index >= 15 is 0 Å². The quantitative estimate of drug-likeness (QED) is 0.832. The predicted octanol–water partition coefficient (Wildman–Crippen LogP) is 4.20. The van der Waals surface area contributed by atoms with Crippen LogP contribution < -0.4 is 0 Å². The first-order valence-electron chi connectivity index (χ1n) is 5.58. The highest BCUT2D eigenvalue weighted by molar-refractivity contribution is 6.31. The normalized spacial score (nSPS) is 12.2. The lowest BCUT2D eigenvalue weighted by Crippen LogP contribution is -2.06. The zero-order valence-electron chi connectivity index (χ0n) is 9.97. The van der Waals surface area contributed by atoms with E-state index in [9.17, 15) is 0 Å². The molecule has 0 aliphatic heterocycles. The van der Waals surface area contributed by atoms with Crippen LogP contribution in [0.4, 0.5) is 0 Å². The van der Waals surface area contributed by atoms with Crippen molar-refractivity contribution in [3.8, 4) is 0 Å². The highest BCUT2D eigenvalue weighted by Gasteiger charge is 2.11. The zero-order chi connectivity index (χ0) is 11.8. The number of benzene rings is 1. The molecule has 0 bridgehead atoms. The maximum Gasteiger partial charge on any atom is 0.107 e.